The van der Waals surface area contributed by atoms with Gasteiger partial charge in [-0.25, -0.2) is 9.59 Å². The molecule has 4 N–H and O–H groups in total. The Labute approximate surface area is 102 Å². The molecule has 7 nitrogen and oxygen atoms in total. The van der Waals surface area contributed by atoms with Crippen molar-refractivity contribution in [1.29, 1.82) is 0 Å². The predicted octanol–water partition coefficient (Wildman–Crippen LogP) is -1.11. The molecule has 0 saturated carbocycles. The number of carbonyl (C=O) groups excluding carboxylic acids is 1. The molecular formula is C9H18N2O5S. The summed E-state index contributed by atoms with van der Waals surface area (Å²) in [6, 6.07) is -1.70. The van der Waals surface area contributed by atoms with E-state index < -0.39 is 28.8 Å². The fraction of sp³-hybridized carbons (Fsp3) is 0.778. The molecule has 0 bridgehead atoms. The Balaban J connectivity index is 3.82. The summed E-state index contributed by atoms with van der Waals surface area (Å²) >= 11 is 0. The topological polar surface area (TPSA) is 116 Å². The van der Waals surface area contributed by atoms with Crippen molar-refractivity contribution in [2.24, 2.45) is 0 Å². The minimum atomic E-state index is -1.19. The number of hydrogen-bond acceptors (Lipinski definition) is 4. The zero-order valence-electron chi connectivity index (χ0n) is 9.64. The number of carboxylic acids is 1. The van der Waals surface area contributed by atoms with Crippen LogP contribution in [0.3, 0.4) is 0 Å². The molecule has 0 heterocycles. The van der Waals surface area contributed by atoms with Gasteiger partial charge in [-0.3, -0.25) is 4.21 Å². The van der Waals surface area contributed by atoms with Crippen LogP contribution in [0, 0.1) is 0 Å². The van der Waals surface area contributed by atoms with Crippen molar-refractivity contribution >= 4 is 22.8 Å². The molecule has 2 atom stereocenters. The Hall–Kier alpha value is -1.15. The van der Waals surface area contributed by atoms with Crippen LogP contribution in [-0.4, -0.2) is 57.6 Å². The molecule has 100 valence electrons. The summed E-state index contributed by atoms with van der Waals surface area (Å²) in [5, 5.41) is 22.0. The number of urea groups is 1. The summed E-state index contributed by atoms with van der Waals surface area (Å²) in [5.41, 5.74) is 0. The summed E-state index contributed by atoms with van der Waals surface area (Å²) in [5.74, 6) is -0.705. The highest BCUT2D eigenvalue weighted by molar-refractivity contribution is 7.84. The van der Waals surface area contributed by atoms with E-state index in [1.54, 1.807) is 6.26 Å². The number of nitrogens with one attached hydrogen (secondary N) is 2. The smallest absolute Gasteiger partial charge is 0.326 e. The Bertz CT molecular complexity index is 285. The van der Waals surface area contributed by atoms with E-state index >= 15 is 0 Å². The third-order valence-electron chi connectivity index (χ3n) is 1.92. The number of aliphatic hydroxyl groups excluding tert-OH is 1. The van der Waals surface area contributed by atoms with Gasteiger partial charge in [-0.05, 0) is 6.42 Å². The second kappa shape index (κ2) is 8.94. The maximum Gasteiger partial charge on any atom is 0.326 e. The molecule has 0 aliphatic rings. The van der Waals surface area contributed by atoms with Crippen molar-refractivity contribution in [3.05, 3.63) is 0 Å². The Kier molecular flexibility index (Phi) is 8.34. The van der Waals surface area contributed by atoms with Gasteiger partial charge in [0.05, 0.1) is 0 Å². The summed E-state index contributed by atoms with van der Waals surface area (Å²) in [6.07, 6.45) is 2.10. The lowest BCUT2D eigenvalue weighted by Gasteiger charge is -2.13. The lowest BCUT2D eigenvalue weighted by molar-refractivity contribution is -0.139. The summed E-state index contributed by atoms with van der Waals surface area (Å²) in [4.78, 5) is 21.9. The van der Waals surface area contributed by atoms with Gasteiger partial charge < -0.3 is 20.8 Å². The fourth-order valence-corrected chi connectivity index (χ4v) is 1.62. The van der Waals surface area contributed by atoms with Crippen molar-refractivity contribution in [1.82, 2.24) is 10.6 Å². The van der Waals surface area contributed by atoms with Crippen LogP contribution in [0.2, 0.25) is 0 Å². The van der Waals surface area contributed by atoms with E-state index in [9.17, 15) is 13.8 Å². The van der Waals surface area contributed by atoms with Crippen LogP contribution < -0.4 is 10.6 Å². The molecule has 0 fully saturated rings. The maximum atomic E-state index is 11.2. The van der Waals surface area contributed by atoms with Crippen molar-refractivity contribution in [2.75, 3.05) is 25.2 Å². The van der Waals surface area contributed by atoms with Crippen molar-refractivity contribution in [3.63, 3.8) is 0 Å². The first-order valence-corrected chi connectivity index (χ1v) is 6.88. The van der Waals surface area contributed by atoms with Crippen LogP contribution in [0.5, 0.6) is 0 Å². The van der Waals surface area contributed by atoms with Crippen LogP contribution in [0.15, 0.2) is 0 Å². The first-order valence-electron chi connectivity index (χ1n) is 5.15. The minimum Gasteiger partial charge on any atom is -0.480 e. The monoisotopic (exact) mass is 266 g/mol. The molecule has 0 aliphatic heterocycles. The average molecular weight is 266 g/mol. The van der Waals surface area contributed by atoms with E-state index in [0.29, 0.717) is 18.7 Å². The number of aliphatic hydroxyl groups is 1. The van der Waals surface area contributed by atoms with Crippen molar-refractivity contribution in [3.8, 4) is 0 Å². The molecule has 0 aromatic rings. The number of carbonyl (C=O) groups is 2. The largest absolute Gasteiger partial charge is 0.480 e. The number of aliphatic carboxylic acids is 1. The fourth-order valence-electron chi connectivity index (χ4n) is 1.07. The molecule has 0 radical (unpaired) electrons. The van der Waals surface area contributed by atoms with Crippen LogP contribution >= 0.6 is 0 Å². The molecule has 0 spiro atoms. The molecule has 8 heteroatoms. The first kappa shape index (κ1) is 15.9. The van der Waals surface area contributed by atoms with E-state index in [-0.39, 0.29) is 13.0 Å². The van der Waals surface area contributed by atoms with E-state index in [0.717, 1.165) is 0 Å². The first-order chi connectivity index (χ1) is 7.97. The van der Waals surface area contributed by atoms with E-state index in [1.165, 1.54) is 0 Å². The van der Waals surface area contributed by atoms with Crippen LogP contribution in [-0.2, 0) is 15.6 Å². The third-order valence-corrected chi connectivity index (χ3v) is 2.78. The molecule has 0 aromatic carbocycles. The van der Waals surface area contributed by atoms with Crippen molar-refractivity contribution in [2.45, 2.75) is 18.9 Å². The summed E-state index contributed by atoms with van der Waals surface area (Å²) in [6.45, 7) is 0.0168. The van der Waals surface area contributed by atoms with E-state index in [4.69, 9.17) is 10.2 Å². The minimum absolute atomic E-state index is 0.0400. The normalized spacial score (nSPS) is 13.8. The highest BCUT2D eigenvalue weighted by Gasteiger charge is 2.18. The van der Waals surface area contributed by atoms with Crippen LogP contribution in [0.25, 0.3) is 0 Å². The van der Waals surface area contributed by atoms with Crippen LogP contribution in [0.4, 0.5) is 4.79 Å². The van der Waals surface area contributed by atoms with Gasteiger partial charge >= 0.3 is 12.0 Å². The van der Waals surface area contributed by atoms with Gasteiger partial charge in [0, 0.05) is 42.4 Å². The molecule has 0 aliphatic carbocycles. The van der Waals surface area contributed by atoms with E-state index in [1.807, 2.05) is 0 Å². The lowest BCUT2D eigenvalue weighted by Crippen LogP contribution is -2.46. The second-order valence-electron chi connectivity index (χ2n) is 3.43. The maximum absolute atomic E-state index is 11.2. The van der Waals surface area contributed by atoms with Gasteiger partial charge in [-0.15, -0.1) is 0 Å². The Morgan fingerprint density at radius 1 is 1.41 bits per heavy atom. The Morgan fingerprint density at radius 3 is 2.53 bits per heavy atom. The highest BCUT2D eigenvalue weighted by Crippen LogP contribution is 1.91. The van der Waals surface area contributed by atoms with Gasteiger partial charge in [0.25, 0.3) is 0 Å². The van der Waals surface area contributed by atoms with Crippen LogP contribution in [0.1, 0.15) is 12.8 Å². The highest BCUT2D eigenvalue weighted by atomic mass is 32.2. The predicted molar refractivity (Wildman–Crippen MR) is 63.2 cm³/mol. The molecule has 0 aromatic heterocycles. The zero-order valence-corrected chi connectivity index (χ0v) is 10.5. The quantitative estimate of drug-likeness (QED) is 0.416. The average Bonchev–Trinajstić information content (AvgIpc) is 2.23. The van der Waals surface area contributed by atoms with Gasteiger partial charge in [0.15, 0.2) is 0 Å². The molecule has 2 amide bonds. The SMILES string of the molecule is CS(=O)CCCNC(=O)N[C@@H](CCO)C(=O)O. The number of hydrogen-bond donors (Lipinski definition) is 4. The molecule has 0 rings (SSSR count). The molecule has 17 heavy (non-hydrogen) atoms. The number of amides is 2. The zero-order chi connectivity index (χ0) is 13.3. The molecule has 1 unspecified atom stereocenters. The summed E-state index contributed by atoms with van der Waals surface area (Å²) < 4.78 is 10.7. The molecular weight excluding hydrogens is 248 g/mol. The van der Waals surface area contributed by atoms with E-state index in [2.05, 4.69) is 10.6 Å². The number of carboxylic acid groups (broad SMARTS) is 1. The molecule has 0 saturated heterocycles. The Morgan fingerprint density at radius 2 is 2.06 bits per heavy atom. The van der Waals surface area contributed by atoms with Gasteiger partial charge in [-0.2, -0.15) is 0 Å². The summed E-state index contributed by atoms with van der Waals surface area (Å²) in [7, 11) is -0.900. The standard InChI is InChI=1S/C9H18N2O5S/c1-17(16)6-2-4-10-9(15)11-7(3-5-12)8(13)14/h7,12H,2-6H2,1H3,(H,13,14)(H2,10,11,15)/t7-,17?/m0/s1. The second-order valence-corrected chi connectivity index (χ2v) is 4.99. The van der Waals surface area contributed by atoms with Gasteiger partial charge in [-0.1, -0.05) is 0 Å². The number of rotatable bonds is 8. The lowest BCUT2D eigenvalue weighted by atomic mass is 10.2. The van der Waals surface area contributed by atoms with Gasteiger partial charge in [0.2, 0.25) is 0 Å². The third kappa shape index (κ3) is 8.64. The van der Waals surface area contributed by atoms with Gasteiger partial charge in [0.1, 0.15) is 6.04 Å². The van der Waals surface area contributed by atoms with Crippen molar-refractivity contribution < 1.29 is 24.0 Å².